The number of aromatic amines is 1. The molecule has 1 N–H and O–H groups in total. The summed E-state index contributed by atoms with van der Waals surface area (Å²) in [5.41, 5.74) is 1.12. The first-order valence-corrected chi connectivity index (χ1v) is 8.28. The molecule has 1 aliphatic heterocycles. The maximum atomic E-state index is 12.5. The van der Waals surface area contributed by atoms with Crippen molar-refractivity contribution >= 4 is 17.6 Å². The number of hydrogen-bond acceptors (Lipinski definition) is 6. The van der Waals surface area contributed by atoms with Crippen molar-refractivity contribution in [2.75, 3.05) is 38.2 Å². The van der Waals surface area contributed by atoms with E-state index in [4.69, 9.17) is 4.74 Å². The number of amides is 1. The van der Waals surface area contributed by atoms with Crippen molar-refractivity contribution in [3.63, 3.8) is 0 Å². The van der Waals surface area contributed by atoms with E-state index < -0.39 is 5.56 Å². The third kappa shape index (κ3) is 3.58. The van der Waals surface area contributed by atoms with E-state index in [-0.39, 0.29) is 17.4 Å². The van der Waals surface area contributed by atoms with Crippen LogP contribution in [0.2, 0.25) is 0 Å². The predicted octanol–water partition coefficient (Wildman–Crippen LogP) is 0.827. The number of aromatic nitrogens is 2. The second-order valence-electron chi connectivity index (χ2n) is 6.03. The third-order valence-electron chi connectivity index (χ3n) is 4.38. The molecule has 0 spiro atoms. The van der Waals surface area contributed by atoms with Crippen LogP contribution in [-0.2, 0) is 4.74 Å². The summed E-state index contributed by atoms with van der Waals surface area (Å²) in [5.74, 6) is -0.199. The van der Waals surface area contributed by atoms with Crippen molar-refractivity contribution in [2.24, 2.45) is 0 Å². The van der Waals surface area contributed by atoms with Crippen LogP contribution in [0.3, 0.4) is 0 Å². The Morgan fingerprint density at radius 1 is 1.12 bits per heavy atom. The van der Waals surface area contributed by atoms with Gasteiger partial charge in [0.2, 0.25) is 0 Å². The van der Waals surface area contributed by atoms with Crippen molar-refractivity contribution in [3.8, 4) is 0 Å². The van der Waals surface area contributed by atoms with Crippen LogP contribution in [0, 0.1) is 6.92 Å². The van der Waals surface area contributed by atoms with Gasteiger partial charge in [0.1, 0.15) is 11.4 Å². The van der Waals surface area contributed by atoms with Gasteiger partial charge in [0.05, 0.1) is 12.7 Å². The van der Waals surface area contributed by atoms with E-state index >= 15 is 0 Å². The van der Waals surface area contributed by atoms with Crippen LogP contribution in [0.15, 0.2) is 35.3 Å². The number of hydrogen-bond donors (Lipinski definition) is 1. The second-order valence-corrected chi connectivity index (χ2v) is 6.03. The lowest BCUT2D eigenvalue weighted by Gasteiger charge is -2.36. The van der Waals surface area contributed by atoms with Crippen LogP contribution in [0.1, 0.15) is 26.5 Å². The minimum Gasteiger partial charge on any atom is -0.465 e. The lowest BCUT2D eigenvalue weighted by atomic mass is 10.1. The molecule has 26 heavy (non-hydrogen) atoms. The molecule has 0 radical (unpaired) electrons. The summed E-state index contributed by atoms with van der Waals surface area (Å²) in [7, 11) is 1.35. The predicted molar refractivity (Wildman–Crippen MR) is 95.5 cm³/mol. The number of carbonyl (C=O) groups excluding carboxylic acids is 2. The molecular formula is C18H20N4O4. The molecule has 1 aromatic heterocycles. The number of ether oxygens (including phenoxy) is 1. The van der Waals surface area contributed by atoms with E-state index in [0.717, 1.165) is 5.69 Å². The van der Waals surface area contributed by atoms with Crippen molar-refractivity contribution < 1.29 is 14.3 Å². The Kier molecular flexibility index (Phi) is 5.01. The number of H-pyrrole nitrogens is 1. The summed E-state index contributed by atoms with van der Waals surface area (Å²) in [6.45, 7) is 3.96. The molecule has 0 unspecified atom stereocenters. The third-order valence-corrected chi connectivity index (χ3v) is 4.38. The molecule has 1 amide bonds. The van der Waals surface area contributed by atoms with E-state index in [0.29, 0.717) is 37.6 Å². The van der Waals surface area contributed by atoms with Crippen LogP contribution < -0.4 is 10.5 Å². The van der Waals surface area contributed by atoms with Crippen molar-refractivity contribution in [2.45, 2.75) is 6.92 Å². The lowest BCUT2D eigenvalue weighted by Crippen LogP contribution is -2.49. The number of nitrogens with zero attached hydrogens (tertiary/aromatic N) is 3. The number of piperazine rings is 1. The highest BCUT2D eigenvalue weighted by molar-refractivity contribution is 5.93. The summed E-state index contributed by atoms with van der Waals surface area (Å²) in [4.78, 5) is 46.3. The average Bonchev–Trinajstić information content (AvgIpc) is 2.67. The summed E-state index contributed by atoms with van der Waals surface area (Å²) >= 11 is 0. The standard InChI is InChI=1S/C18H20N4O4/c1-12-19-11-15(16(23)20-12)17(24)22-9-7-21(8-10-22)14-5-3-13(4-6-14)18(25)26-2/h3-6,11H,7-10H2,1-2H3,(H,19,20,23). The van der Waals surface area contributed by atoms with Crippen LogP contribution in [0.25, 0.3) is 0 Å². The smallest absolute Gasteiger partial charge is 0.337 e. The number of nitrogens with one attached hydrogen (secondary N) is 1. The van der Waals surface area contributed by atoms with Gasteiger partial charge >= 0.3 is 5.97 Å². The zero-order valence-electron chi connectivity index (χ0n) is 14.7. The number of anilines is 1. The van der Waals surface area contributed by atoms with Crippen LogP contribution in [0.5, 0.6) is 0 Å². The largest absolute Gasteiger partial charge is 0.465 e. The van der Waals surface area contributed by atoms with Gasteiger partial charge in [0.15, 0.2) is 0 Å². The van der Waals surface area contributed by atoms with Gasteiger partial charge in [0.25, 0.3) is 11.5 Å². The SMILES string of the molecule is COC(=O)c1ccc(N2CCN(C(=O)c3cnc(C)[nH]c3=O)CC2)cc1. The Hall–Kier alpha value is -3.16. The van der Waals surface area contributed by atoms with Crippen LogP contribution >= 0.6 is 0 Å². The highest BCUT2D eigenvalue weighted by Gasteiger charge is 2.24. The van der Waals surface area contributed by atoms with E-state index in [1.54, 1.807) is 24.0 Å². The average molecular weight is 356 g/mol. The first kappa shape index (κ1) is 17.7. The van der Waals surface area contributed by atoms with Gasteiger partial charge in [-0.15, -0.1) is 0 Å². The first-order chi connectivity index (χ1) is 12.5. The lowest BCUT2D eigenvalue weighted by molar-refractivity contribution is 0.0600. The van der Waals surface area contributed by atoms with Crippen molar-refractivity contribution in [3.05, 3.63) is 57.8 Å². The molecule has 1 fully saturated rings. The first-order valence-electron chi connectivity index (χ1n) is 8.28. The molecule has 1 aliphatic rings. The zero-order valence-corrected chi connectivity index (χ0v) is 14.7. The Bertz CT molecular complexity index is 868. The summed E-state index contributed by atoms with van der Waals surface area (Å²) in [6.07, 6.45) is 1.33. The van der Waals surface area contributed by atoms with E-state index in [1.807, 2.05) is 12.1 Å². The van der Waals surface area contributed by atoms with Crippen LogP contribution in [-0.4, -0.2) is 60.0 Å². The maximum Gasteiger partial charge on any atom is 0.337 e. The number of esters is 1. The fourth-order valence-electron chi connectivity index (χ4n) is 2.90. The molecule has 8 nitrogen and oxygen atoms in total. The fourth-order valence-corrected chi connectivity index (χ4v) is 2.90. The zero-order chi connectivity index (χ0) is 18.7. The summed E-state index contributed by atoms with van der Waals surface area (Å²) in [6, 6.07) is 7.16. The minimum atomic E-state index is -0.414. The number of rotatable bonds is 3. The van der Waals surface area contributed by atoms with E-state index in [1.165, 1.54) is 13.3 Å². The van der Waals surface area contributed by atoms with Crippen molar-refractivity contribution in [1.82, 2.24) is 14.9 Å². The molecule has 136 valence electrons. The van der Waals surface area contributed by atoms with Crippen LogP contribution in [0.4, 0.5) is 5.69 Å². The molecule has 1 saturated heterocycles. The quantitative estimate of drug-likeness (QED) is 0.819. The fraction of sp³-hybridized carbons (Fsp3) is 0.333. The van der Waals surface area contributed by atoms with Gasteiger partial charge < -0.3 is 19.5 Å². The van der Waals surface area contributed by atoms with E-state index in [9.17, 15) is 14.4 Å². The Morgan fingerprint density at radius 2 is 1.77 bits per heavy atom. The monoisotopic (exact) mass is 356 g/mol. The van der Waals surface area contributed by atoms with Gasteiger partial charge in [-0.3, -0.25) is 9.59 Å². The van der Waals surface area contributed by atoms with Gasteiger partial charge in [-0.1, -0.05) is 0 Å². The summed E-state index contributed by atoms with van der Waals surface area (Å²) in [5, 5.41) is 0. The Morgan fingerprint density at radius 3 is 2.35 bits per heavy atom. The molecule has 0 bridgehead atoms. The molecular weight excluding hydrogens is 336 g/mol. The topological polar surface area (TPSA) is 95.6 Å². The molecule has 8 heteroatoms. The number of aryl methyl sites for hydroxylation is 1. The minimum absolute atomic E-state index is 0.0616. The highest BCUT2D eigenvalue weighted by atomic mass is 16.5. The van der Waals surface area contributed by atoms with Gasteiger partial charge in [0, 0.05) is 38.1 Å². The summed E-state index contributed by atoms with van der Waals surface area (Å²) < 4.78 is 4.69. The Labute approximate surface area is 150 Å². The van der Waals surface area contributed by atoms with Gasteiger partial charge in [-0.05, 0) is 31.2 Å². The van der Waals surface area contributed by atoms with Crippen molar-refractivity contribution in [1.29, 1.82) is 0 Å². The molecule has 3 rings (SSSR count). The number of benzene rings is 1. The molecule has 0 atom stereocenters. The molecule has 0 saturated carbocycles. The van der Waals surface area contributed by atoms with Gasteiger partial charge in [-0.25, -0.2) is 9.78 Å². The highest BCUT2D eigenvalue weighted by Crippen LogP contribution is 2.18. The second kappa shape index (κ2) is 7.38. The molecule has 2 aromatic rings. The van der Waals surface area contributed by atoms with E-state index in [2.05, 4.69) is 14.9 Å². The Balaban J connectivity index is 1.64. The number of methoxy groups -OCH3 is 1. The molecule has 0 aliphatic carbocycles. The normalized spacial score (nSPS) is 14.2. The molecule has 1 aromatic carbocycles. The maximum absolute atomic E-state index is 12.5. The molecule has 2 heterocycles. The number of carbonyl (C=O) groups is 2. The van der Waals surface area contributed by atoms with Gasteiger partial charge in [-0.2, -0.15) is 0 Å².